The number of halogens is 2. The number of nitrogens with one attached hydrogen (secondary N) is 3. The lowest BCUT2D eigenvalue weighted by Crippen LogP contribution is -2.50. The second kappa shape index (κ2) is 14.4. The van der Waals surface area contributed by atoms with Gasteiger partial charge in [0, 0.05) is 7.11 Å². The Kier molecular flexibility index (Phi) is 12.4. The molecule has 2 rings (SSSR count). The van der Waals surface area contributed by atoms with Crippen molar-refractivity contribution in [2.24, 2.45) is 17.2 Å². The first-order valence-corrected chi connectivity index (χ1v) is 10.8. The SMILES string of the molecule is CCCC(NC(=N)N1C(N)=C(Cl)NC(C(N)=O)=C1N)c1ccc(OCCOCCOC)cc1.Cl. The normalized spacial score (nSPS) is 14.3. The number of benzene rings is 1. The second-order valence-corrected chi connectivity index (χ2v) is 7.52. The minimum absolute atomic E-state index is 0. The fourth-order valence-corrected chi connectivity index (χ4v) is 3.28. The zero-order valence-corrected chi connectivity index (χ0v) is 20.8. The molecule has 1 heterocycles. The van der Waals surface area contributed by atoms with Gasteiger partial charge < -0.3 is 42.0 Å². The third kappa shape index (κ3) is 7.87. The molecule has 0 fully saturated rings. The van der Waals surface area contributed by atoms with Gasteiger partial charge in [-0.05, 0) is 24.1 Å². The first-order valence-electron chi connectivity index (χ1n) is 10.5. The topological polar surface area (TPSA) is 174 Å². The van der Waals surface area contributed by atoms with Gasteiger partial charge in [-0.1, -0.05) is 37.1 Å². The van der Waals surface area contributed by atoms with Crippen molar-refractivity contribution in [1.29, 1.82) is 5.41 Å². The Morgan fingerprint density at radius 1 is 1.18 bits per heavy atom. The Morgan fingerprint density at radius 2 is 1.82 bits per heavy atom. The smallest absolute Gasteiger partial charge is 0.268 e. The average molecular weight is 518 g/mol. The van der Waals surface area contributed by atoms with E-state index in [1.165, 1.54) is 0 Å². The molecule has 0 radical (unpaired) electrons. The molecule has 1 aromatic rings. The molecule has 1 unspecified atom stereocenters. The van der Waals surface area contributed by atoms with E-state index in [9.17, 15) is 4.79 Å². The summed E-state index contributed by atoms with van der Waals surface area (Å²) in [5.41, 5.74) is 18.2. The second-order valence-electron chi connectivity index (χ2n) is 7.14. The van der Waals surface area contributed by atoms with Gasteiger partial charge in [0.2, 0.25) is 5.96 Å². The maximum Gasteiger partial charge on any atom is 0.268 e. The molecule has 190 valence electrons. The molecule has 34 heavy (non-hydrogen) atoms. The van der Waals surface area contributed by atoms with Gasteiger partial charge in [-0.15, -0.1) is 12.4 Å². The third-order valence-electron chi connectivity index (χ3n) is 4.77. The van der Waals surface area contributed by atoms with E-state index in [-0.39, 0.29) is 46.9 Å². The highest BCUT2D eigenvalue weighted by molar-refractivity contribution is 6.30. The minimum Gasteiger partial charge on any atom is -0.491 e. The van der Waals surface area contributed by atoms with Crippen LogP contribution in [0.15, 0.2) is 46.8 Å². The number of nitrogens with zero attached hydrogens (tertiary/aromatic N) is 1. The van der Waals surface area contributed by atoms with Crippen LogP contribution in [-0.4, -0.2) is 50.3 Å². The molecule has 0 bridgehead atoms. The molecule has 0 saturated heterocycles. The van der Waals surface area contributed by atoms with Crippen LogP contribution < -0.4 is 32.6 Å². The van der Waals surface area contributed by atoms with E-state index < -0.39 is 5.91 Å². The Labute approximate surface area is 210 Å². The Morgan fingerprint density at radius 3 is 2.41 bits per heavy atom. The molecule has 1 atom stereocenters. The molecule has 0 aliphatic carbocycles. The van der Waals surface area contributed by atoms with E-state index in [1.807, 2.05) is 31.2 Å². The van der Waals surface area contributed by atoms with Gasteiger partial charge >= 0.3 is 0 Å². The summed E-state index contributed by atoms with van der Waals surface area (Å²) >= 11 is 6.07. The van der Waals surface area contributed by atoms with E-state index in [0.29, 0.717) is 32.2 Å². The minimum atomic E-state index is -0.819. The largest absolute Gasteiger partial charge is 0.491 e. The molecule has 0 aromatic heterocycles. The number of amides is 1. The zero-order valence-electron chi connectivity index (χ0n) is 19.2. The van der Waals surface area contributed by atoms with Crippen LogP contribution in [0.5, 0.6) is 5.75 Å². The van der Waals surface area contributed by atoms with Crippen LogP contribution >= 0.6 is 24.0 Å². The van der Waals surface area contributed by atoms with Crippen LogP contribution in [0.3, 0.4) is 0 Å². The maximum atomic E-state index is 11.7. The number of guanidine groups is 1. The molecule has 1 aliphatic heterocycles. The molecule has 1 amide bonds. The van der Waals surface area contributed by atoms with Crippen LogP contribution in [0, 0.1) is 5.41 Å². The molecule has 9 N–H and O–H groups in total. The van der Waals surface area contributed by atoms with Crippen molar-refractivity contribution < 1.29 is 19.0 Å². The van der Waals surface area contributed by atoms with E-state index >= 15 is 0 Å². The number of hydrogen-bond donors (Lipinski definition) is 6. The predicted molar refractivity (Wildman–Crippen MR) is 133 cm³/mol. The first-order chi connectivity index (χ1) is 15.8. The van der Waals surface area contributed by atoms with Crippen LogP contribution in [0.4, 0.5) is 0 Å². The Bertz CT molecular complexity index is 894. The van der Waals surface area contributed by atoms with Crippen molar-refractivity contribution in [3.63, 3.8) is 0 Å². The summed E-state index contributed by atoms with van der Waals surface area (Å²) in [5.74, 6) is -0.396. The quantitative estimate of drug-likeness (QED) is 0.103. The number of carbonyl (C=O) groups is 1. The highest BCUT2D eigenvalue weighted by atomic mass is 35.5. The molecular weight excluding hydrogens is 485 g/mol. The average Bonchev–Trinajstić information content (AvgIpc) is 2.78. The van der Waals surface area contributed by atoms with Crippen LogP contribution in [-0.2, 0) is 14.3 Å². The third-order valence-corrected chi connectivity index (χ3v) is 5.05. The maximum absolute atomic E-state index is 11.7. The Hall–Kier alpha value is -2.86. The number of primary amides is 1. The zero-order chi connectivity index (χ0) is 24.4. The molecule has 1 aromatic carbocycles. The number of hydrogen-bond acceptors (Lipinski definition) is 8. The standard InChI is InChI=1S/C21H32ClN7O4.ClH/c1-3-4-15(13-5-7-14(8-6-13)33-12-11-32-10-9-31-2)27-21(26)29-18(23)16(20(25)30)28-17(22)19(29)24;/h5-8,15,28H,3-4,9-12,23-24H2,1-2H3,(H2,25,30)(H2,26,27);1H. The highest BCUT2D eigenvalue weighted by Crippen LogP contribution is 2.24. The van der Waals surface area contributed by atoms with Gasteiger partial charge in [0.1, 0.15) is 34.9 Å². The summed E-state index contributed by atoms with van der Waals surface area (Å²) < 4.78 is 16.0. The van der Waals surface area contributed by atoms with Gasteiger partial charge in [0.15, 0.2) is 0 Å². The molecule has 11 nitrogen and oxygen atoms in total. The summed E-state index contributed by atoms with van der Waals surface area (Å²) in [4.78, 5) is 12.8. The van der Waals surface area contributed by atoms with Crippen molar-refractivity contribution in [1.82, 2.24) is 15.5 Å². The number of rotatable bonds is 12. The summed E-state index contributed by atoms with van der Waals surface area (Å²) in [5, 5.41) is 14.1. The highest BCUT2D eigenvalue weighted by Gasteiger charge is 2.30. The van der Waals surface area contributed by atoms with E-state index in [4.69, 9.17) is 48.4 Å². The number of carbonyl (C=O) groups excluding carboxylic acids is 1. The lowest BCUT2D eigenvalue weighted by Gasteiger charge is -2.33. The van der Waals surface area contributed by atoms with E-state index in [1.54, 1.807) is 7.11 Å². The lowest BCUT2D eigenvalue weighted by atomic mass is 10.0. The molecular formula is C21H33Cl2N7O4. The Balaban J connectivity index is 0.00000578. The summed E-state index contributed by atoms with van der Waals surface area (Å²) in [6, 6.07) is 7.32. The van der Waals surface area contributed by atoms with Crippen LogP contribution in [0.2, 0.25) is 0 Å². The number of nitrogens with two attached hydrogens (primary N) is 3. The van der Waals surface area contributed by atoms with Crippen molar-refractivity contribution in [2.75, 3.05) is 33.5 Å². The van der Waals surface area contributed by atoms with Gasteiger partial charge in [-0.25, -0.2) is 4.90 Å². The van der Waals surface area contributed by atoms with Gasteiger partial charge in [0.25, 0.3) is 5.91 Å². The van der Waals surface area contributed by atoms with Crippen LogP contribution in [0.25, 0.3) is 0 Å². The van der Waals surface area contributed by atoms with E-state index in [0.717, 1.165) is 23.3 Å². The van der Waals surface area contributed by atoms with Crippen molar-refractivity contribution in [3.8, 4) is 5.75 Å². The first kappa shape index (κ1) is 29.2. The molecule has 0 saturated carbocycles. The number of ether oxygens (including phenoxy) is 3. The van der Waals surface area contributed by atoms with Gasteiger partial charge in [-0.2, -0.15) is 0 Å². The fraction of sp³-hybridized carbons (Fsp3) is 0.429. The summed E-state index contributed by atoms with van der Waals surface area (Å²) in [6.45, 7) is 3.99. The van der Waals surface area contributed by atoms with Crippen molar-refractivity contribution in [2.45, 2.75) is 25.8 Å². The van der Waals surface area contributed by atoms with Gasteiger partial charge in [-0.3, -0.25) is 10.2 Å². The fourth-order valence-electron chi connectivity index (χ4n) is 3.11. The lowest BCUT2D eigenvalue weighted by molar-refractivity contribution is -0.115. The molecule has 0 spiro atoms. The molecule has 1 aliphatic rings. The van der Waals surface area contributed by atoms with Gasteiger partial charge in [0.05, 0.1) is 25.9 Å². The summed E-state index contributed by atoms with van der Waals surface area (Å²) in [6.07, 6.45) is 1.58. The van der Waals surface area contributed by atoms with E-state index in [2.05, 4.69) is 10.6 Å². The molecule has 13 heteroatoms. The monoisotopic (exact) mass is 517 g/mol. The summed E-state index contributed by atoms with van der Waals surface area (Å²) in [7, 11) is 1.62. The predicted octanol–water partition coefficient (Wildman–Crippen LogP) is 1.36. The van der Waals surface area contributed by atoms with Crippen molar-refractivity contribution in [3.05, 3.63) is 52.3 Å². The van der Waals surface area contributed by atoms with Crippen molar-refractivity contribution >= 4 is 35.9 Å². The number of methoxy groups -OCH3 is 1. The van der Waals surface area contributed by atoms with Crippen LogP contribution in [0.1, 0.15) is 31.4 Å².